The lowest BCUT2D eigenvalue weighted by molar-refractivity contribution is -0.154. The molecule has 0 saturated heterocycles. The number of carbonyl (C=O) groups is 2. The van der Waals surface area contributed by atoms with Crippen LogP contribution in [0.4, 0.5) is 4.79 Å². The lowest BCUT2D eigenvalue weighted by Crippen LogP contribution is -2.49. The topological polar surface area (TPSA) is 84.9 Å². The van der Waals surface area contributed by atoms with Crippen molar-refractivity contribution < 1.29 is 24.2 Å². The van der Waals surface area contributed by atoms with Gasteiger partial charge in [-0.05, 0) is 40.0 Å². The smallest absolute Gasteiger partial charge is 0.407 e. The Morgan fingerprint density at radius 1 is 1.22 bits per heavy atom. The first-order valence-electron chi connectivity index (χ1n) is 8.57. The fourth-order valence-corrected chi connectivity index (χ4v) is 2.90. The van der Waals surface area contributed by atoms with E-state index in [1.165, 1.54) is 6.42 Å². The van der Waals surface area contributed by atoms with Gasteiger partial charge in [-0.1, -0.05) is 32.1 Å². The molecule has 6 nitrogen and oxygen atoms in total. The van der Waals surface area contributed by atoms with Crippen molar-refractivity contribution >= 4 is 12.1 Å². The normalized spacial score (nSPS) is 18.8. The predicted octanol–water partition coefficient (Wildman–Crippen LogP) is 2.77. The summed E-state index contributed by atoms with van der Waals surface area (Å²) in [5.74, 6) is -0.308. The molecule has 6 heteroatoms. The van der Waals surface area contributed by atoms with Crippen LogP contribution in [0.25, 0.3) is 0 Å². The maximum atomic E-state index is 12.0. The van der Waals surface area contributed by atoms with Gasteiger partial charge in [-0.25, -0.2) is 9.59 Å². The van der Waals surface area contributed by atoms with Gasteiger partial charge in [0.25, 0.3) is 0 Å². The Kier molecular flexibility index (Phi) is 7.82. The van der Waals surface area contributed by atoms with Crippen LogP contribution in [0, 0.1) is 5.92 Å². The summed E-state index contributed by atoms with van der Waals surface area (Å²) >= 11 is 0. The number of amides is 1. The number of rotatable bonds is 6. The van der Waals surface area contributed by atoms with Gasteiger partial charge in [-0.15, -0.1) is 0 Å². The third-order valence-corrected chi connectivity index (χ3v) is 3.92. The van der Waals surface area contributed by atoms with E-state index in [9.17, 15) is 14.7 Å². The van der Waals surface area contributed by atoms with Crippen molar-refractivity contribution in [3.8, 4) is 0 Å². The van der Waals surface area contributed by atoms with E-state index in [2.05, 4.69) is 5.32 Å². The highest BCUT2D eigenvalue weighted by Crippen LogP contribution is 2.28. The minimum Gasteiger partial charge on any atom is -0.464 e. The molecule has 1 saturated carbocycles. The van der Waals surface area contributed by atoms with Gasteiger partial charge in [-0.2, -0.15) is 0 Å². The van der Waals surface area contributed by atoms with Crippen LogP contribution in [-0.2, 0) is 14.3 Å². The van der Waals surface area contributed by atoms with E-state index in [4.69, 9.17) is 9.47 Å². The second-order valence-corrected chi connectivity index (χ2v) is 7.19. The van der Waals surface area contributed by atoms with E-state index in [0.717, 1.165) is 25.7 Å². The Morgan fingerprint density at radius 3 is 2.35 bits per heavy atom. The maximum absolute atomic E-state index is 12.0. The highest BCUT2D eigenvalue weighted by atomic mass is 16.6. The number of aliphatic hydroxyl groups excluding tert-OH is 1. The van der Waals surface area contributed by atoms with Gasteiger partial charge < -0.3 is 19.9 Å². The van der Waals surface area contributed by atoms with Crippen LogP contribution < -0.4 is 5.32 Å². The Morgan fingerprint density at radius 2 is 1.83 bits per heavy atom. The first kappa shape index (κ1) is 19.7. The zero-order chi connectivity index (χ0) is 17.5. The van der Waals surface area contributed by atoms with Gasteiger partial charge in [-0.3, -0.25) is 0 Å². The van der Waals surface area contributed by atoms with Crippen molar-refractivity contribution in [3.05, 3.63) is 0 Å². The molecule has 0 radical (unpaired) electrons. The second kappa shape index (κ2) is 9.11. The number of alkyl carbamates (subject to hydrolysis) is 1. The number of esters is 1. The average Bonchev–Trinajstić information content (AvgIpc) is 2.45. The minimum absolute atomic E-state index is 0.193. The number of aliphatic hydroxyl groups is 1. The number of carbonyl (C=O) groups excluding carboxylic acids is 2. The number of hydrogen-bond acceptors (Lipinski definition) is 5. The summed E-state index contributed by atoms with van der Waals surface area (Å²) in [6.45, 7) is 7.18. The summed E-state index contributed by atoms with van der Waals surface area (Å²) in [7, 11) is 0. The largest absolute Gasteiger partial charge is 0.464 e. The van der Waals surface area contributed by atoms with Crippen LogP contribution in [0.2, 0.25) is 0 Å². The summed E-state index contributed by atoms with van der Waals surface area (Å²) in [4.78, 5) is 23.8. The quantitative estimate of drug-likeness (QED) is 0.732. The van der Waals surface area contributed by atoms with Gasteiger partial charge in [0.1, 0.15) is 5.60 Å². The van der Waals surface area contributed by atoms with Crippen molar-refractivity contribution in [2.24, 2.45) is 5.92 Å². The molecule has 23 heavy (non-hydrogen) atoms. The molecule has 0 heterocycles. The molecule has 1 rings (SSSR count). The summed E-state index contributed by atoms with van der Waals surface area (Å²) in [6, 6.07) is -0.688. The van der Waals surface area contributed by atoms with Gasteiger partial charge in [0.2, 0.25) is 0 Å². The summed E-state index contributed by atoms with van der Waals surface area (Å²) < 4.78 is 10.1. The molecule has 0 aromatic carbocycles. The standard InChI is InChI=1S/C17H31NO5/c1-5-22-15(20)14(19)13(11-12-9-7-6-8-10-12)18-16(21)23-17(2,3)4/h12-14,19H,5-11H2,1-4H3,(H,18,21)/t13-,14+/m0/s1. The summed E-state index contributed by atoms with van der Waals surface area (Å²) in [6.07, 6.45) is 4.20. The molecule has 1 aliphatic rings. The van der Waals surface area contributed by atoms with Crippen molar-refractivity contribution in [3.63, 3.8) is 0 Å². The highest BCUT2D eigenvalue weighted by Gasteiger charge is 2.32. The van der Waals surface area contributed by atoms with E-state index in [-0.39, 0.29) is 6.61 Å². The maximum Gasteiger partial charge on any atom is 0.407 e. The highest BCUT2D eigenvalue weighted by molar-refractivity contribution is 5.77. The molecular formula is C17H31NO5. The van der Waals surface area contributed by atoms with Crippen molar-refractivity contribution in [1.82, 2.24) is 5.32 Å². The molecule has 0 aromatic heterocycles. The molecule has 0 aliphatic heterocycles. The Bertz CT molecular complexity index is 385. The van der Waals surface area contributed by atoms with E-state index in [1.54, 1.807) is 27.7 Å². The lowest BCUT2D eigenvalue weighted by atomic mass is 9.83. The first-order valence-corrected chi connectivity index (χ1v) is 8.57. The van der Waals surface area contributed by atoms with Crippen LogP contribution in [-0.4, -0.2) is 41.5 Å². The number of hydrogen-bond donors (Lipinski definition) is 2. The molecule has 1 amide bonds. The molecule has 1 aliphatic carbocycles. The SMILES string of the molecule is CCOC(=O)[C@H](O)[C@H](CC1CCCCC1)NC(=O)OC(C)(C)C. The van der Waals surface area contributed by atoms with E-state index < -0.39 is 29.8 Å². The summed E-state index contributed by atoms with van der Waals surface area (Å²) in [5, 5.41) is 12.9. The average molecular weight is 329 g/mol. The Hall–Kier alpha value is -1.30. The van der Waals surface area contributed by atoms with Gasteiger partial charge >= 0.3 is 12.1 Å². The van der Waals surface area contributed by atoms with E-state index >= 15 is 0 Å². The van der Waals surface area contributed by atoms with Crippen LogP contribution in [0.5, 0.6) is 0 Å². The van der Waals surface area contributed by atoms with Crippen LogP contribution in [0.15, 0.2) is 0 Å². The lowest BCUT2D eigenvalue weighted by Gasteiger charge is -2.30. The molecule has 2 N–H and O–H groups in total. The first-order chi connectivity index (χ1) is 10.7. The Labute approximate surface area is 138 Å². The van der Waals surface area contributed by atoms with Crippen molar-refractivity contribution in [2.45, 2.75) is 84.0 Å². The van der Waals surface area contributed by atoms with Crippen LogP contribution in [0.1, 0.15) is 66.2 Å². The van der Waals surface area contributed by atoms with Crippen molar-refractivity contribution in [1.29, 1.82) is 0 Å². The third-order valence-electron chi connectivity index (χ3n) is 3.92. The fraction of sp³-hybridized carbons (Fsp3) is 0.882. The zero-order valence-corrected chi connectivity index (χ0v) is 14.8. The molecule has 0 bridgehead atoms. The molecule has 0 aromatic rings. The molecule has 2 atom stereocenters. The summed E-state index contributed by atoms with van der Waals surface area (Å²) in [5.41, 5.74) is -0.631. The van der Waals surface area contributed by atoms with E-state index in [1.807, 2.05) is 0 Å². The molecule has 134 valence electrons. The Balaban J connectivity index is 2.70. The van der Waals surface area contributed by atoms with Gasteiger partial charge in [0.05, 0.1) is 12.6 Å². The van der Waals surface area contributed by atoms with Crippen LogP contribution in [0.3, 0.4) is 0 Å². The van der Waals surface area contributed by atoms with Crippen LogP contribution >= 0.6 is 0 Å². The number of nitrogens with one attached hydrogen (secondary N) is 1. The van der Waals surface area contributed by atoms with Gasteiger partial charge in [0.15, 0.2) is 6.10 Å². The van der Waals surface area contributed by atoms with Crippen molar-refractivity contribution in [2.75, 3.05) is 6.61 Å². The third kappa shape index (κ3) is 7.68. The fourth-order valence-electron chi connectivity index (χ4n) is 2.90. The molecular weight excluding hydrogens is 298 g/mol. The molecule has 0 unspecified atom stereocenters. The second-order valence-electron chi connectivity index (χ2n) is 7.19. The van der Waals surface area contributed by atoms with E-state index in [0.29, 0.717) is 12.3 Å². The number of ether oxygens (including phenoxy) is 2. The minimum atomic E-state index is -1.37. The molecule has 1 fully saturated rings. The zero-order valence-electron chi connectivity index (χ0n) is 14.8. The molecule has 0 spiro atoms. The monoisotopic (exact) mass is 329 g/mol. The predicted molar refractivity (Wildman–Crippen MR) is 87.0 cm³/mol. The van der Waals surface area contributed by atoms with Gasteiger partial charge in [0, 0.05) is 0 Å².